The number of hydrogen-bond donors (Lipinski definition) is 2. The summed E-state index contributed by atoms with van der Waals surface area (Å²) in [5.41, 5.74) is 7.73. The lowest BCUT2D eigenvalue weighted by atomic mass is 9.68. The Morgan fingerprint density at radius 3 is 2.33 bits per heavy atom. The Hall–Kier alpha value is -1.71. The maximum absolute atomic E-state index is 5.18. The number of ether oxygens (including phenoxy) is 1. The normalized spacial score (nSPS) is 33.3. The van der Waals surface area contributed by atoms with E-state index in [0.717, 1.165) is 23.3 Å². The summed E-state index contributed by atoms with van der Waals surface area (Å²) in [5, 5.41) is 0. The van der Waals surface area contributed by atoms with Gasteiger partial charge in [0.1, 0.15) is 11.6 Å². The third-order valence-corrected chi connectivity index (χ3v) is 5.25. The molecule has 1 aromatic carbocycles. The van der Waals surface area contributed by atoms with Gasteiger partial charge in [0.05, 0.1) is 18.8 Å². The molecule has 4 aliphatic rings. The second-order valence-corrected chi connectivity index (χ2v) is 6.75. The molecule has 112 valence electrons. The molecule has 2 saturated carbocycles. The smallest absolute Gasteiger partial charge is 0.119 e. The van der Waals surface area contributed by atoms with E-state index in [1.54, 1.807) is 7.11 Å². The summed E-state index contributed by atoms with van der Waals surface area (Å²) in [5.74, 6) is 4.52. The first-order chi connectivity index (χ1) is 10.3. The summed E-state index contributed by atoms with van der Waals surface area (Å²) < 4.78 is 5.18. The van der Waals surface area contributed by atoms with Crippen molar-refractivity contribution in [3.05, 3.63) is 24.3 Å². The maximum Gasteiger partial charge on any atom is 0.119 e. The van der Waals surface area contributed by atoms with Crippen molar-refractivity contribution in [2.75, 3.05) is 12.5 Å². The first-order valence-corrected chi connectivity index (χ1v) is 8.04. The van der Waals surface area contributed by atoms with Crippen LogP contribution in [-0.4, -0.2) is 19.0 Å². The Kier molecular flexibility index (Phi) is 3.24. The molecule has 2 aliphatic heterocycles. The van der Waals surface area contributed by atoms with Crippen molar-refractivity contribution in [3.63, 3.8) is 0 Å². The van der Waals surface area contributed by atoms with Gasteiger partial charge in [-0.2, -0.15) is 0 Å². The third kappa shape index (κ3) is 2.59. The molecule has 5 rings (SSSR count). The lowest BCUT2D eigenvalue weighted by molar-refractivity contribution is 0.161. The van der Waals surface area contributed by atoms with Gasteiger partial charge in [-0.25, -0.2) is 0 Å². The number of amidine groups is 1. The Labute approximate surface area is 126 Å². The Bertz CT molecular complexity index is 525. The van der Waals surface area contributed by atoms with Gasteiger partial charge in [0.2, 0.25) is 0 Å². The quantitative estimate of drug-likeness (QED) is 0.838. The van der Waals surface area contributed by atoms with Crippen molar-refractivity contribution in [1.82, 2.24) is 5.43 Å². The molecular formula is C17H23N3O. The number of hydrazine groups is 1. The summed E-state index contributed by atoms with van der Waals surface area (Å²) >= 11 is 0. The van der Waals surface area contributed by atoms with E-state index in [4.69, 9.17) is 9.73 Å². The Morgan fingerprint density at radius 1 is 0.952 bits per heavy atom. The molecule has 2 aliphatic carbocycles. The first kappa shape index (κ1) is 13.0. The first-order valence-electron chi connectivity index (χ1n) is 8.04. The van der Waals surface area contributed by atoms with Crippen molar-refractivity contribution >= 4 is 11.5 Å². The van der Waals surface area contributed by atoms with Gasteiger partial charge in [-0.1, -0.05) is 0 Å². The van der Waals surface area contributed by atoms with Crippen LogP contribution in [0.3, 0.4) is 0 Å². The number of hydrogen-bond acceptors (Lipinski definition) is 4. The van der Waals surface area contributed by atoms with Crippen LogP contribution in [0.25, 0.3) is 0 Å². The predicted octanol–water partition coefficient (Wildman–Crippen LogP) is 3.22. The molecule has 0 spiro atoms. The number of methoxy groups -OCH3 is 1. The Morgan fingerprint density at radius 2 is 1.67 bits per heavy atom. The van der Waals surface area contributed by atoms with E-state index < -0.39 is 0 Å². The van der Waals surface area contributed by atoms with Gasteiger partial charge in [-0.3, -0.25) is 15.8 Å². The van der Waals surface area contributed by atoms with E-state index in [9.17, 15) is 0 Å². The van der Waals surface area contributed by atoms with Gasteiger partial charge < -0.3 is 4.74 Å². The van der Waals surface area contributed by atoms with Crippen LogP contribution in [0.15, 0.2) is 29.3 Å². The summed E-state index contributed by atoms with van der Waals surface area (Å²) in [6.07, 6.45) is 6.70. The fourth-order valence-electron chi connectivity index (χ4n) is 4.39. The van der Waals surface area contributed by atoms with Crippen molar-refractivity contribution in [3.8, 4) is 5.75 Å². The number of anilines is 1. The van der Waals surface area contributed by atoms with Crippen LogP contribution in [0.4, 0.5) is 5.69 Å². The lowest BCUT2D eigenvalue weighted by Gasteiger charge is -2.37. The topological polar surface area (TPSA) is 45.6 Å². The van der Waals surface area contributed by atoms with Crippen molar-refractivity contribution in [1.29, 1.82) is 0 Å². The molecule has 4 heteroatoms. The monoisotopic (exact) mass is 285 g/mol. The molecule has 0 radical (unpaired) electrons. The highest BCUT2D eigenvalue weighted by molar-refractivity contribution is 5.86. The second kappa shape index (κ2) is 5.24. The predicted molar refractivity (Wildman–Crippen MR) is 84.5 cm³/mol. The average molecular weight is 285 g/mol. The summed E-state index contributed by atoms with van der Waals surface area (Å²) in [6.45, 7) is 0. The average Bonchev–Trinajstić information content (AvgIpc) is 2.69. The number of rotatable bonds is 3. The molecule has 0 amide bonds. The molecule has 2 N–H and O–H groups in total. The van der Waals surface area contributed by atoms with Crippen LogP contribution in [0.5, 0.6) is 5.75 Å². The lowest BCUT2D eigenvalue weighted by Crippen LogP contribution is -2.37. The minimum Gasteiger partial charge on any atom is -0.497 e. The minimum atomic E-state index is 0.557. The molecule has 2 unspecified atom stereocenters. The van der Waals surface area contributed by atoms with Crippen LogP contribution < -0.4 is 15.6 Å². The fourth-order valence-corrected chi connectivity index (χ4v) is 4.39. The van der Waals surface area contributed by atoms with E-state index in [1.165, 1.54) is 37.9 Å². The van der Waals surface area contributed by atoms with Crippen LogP contribution in [0.1, 0.15) is 32.1 Å². The standard InChI is InChI=1S/C17H23N3O/c1-21-16-4-2-14(3-5-16)19-20-17-13-7-11-6-12(8-13)10-15(9-11)18-17/h2-5,11-13,15,19H,6-10H2,1H3,(H,18,20). The zero-order valence-corrected chi connectivity index (χ0v) is 12.5. The minimum absolute atomic E-state index is 0.557. The molecule has 2 fully saturated rings. The zero-order chi connectivity index (χ0) is 14.2. The van der Waals surface area contributed by atoms with E-state index in [2.05, 4.69) is 10.9 Å². The highest BCUT2D eigenvalue weighted by Gasteiger charge is 2.40. The SMILES string of the molecule is COc1ccc(NNC2=NC3CC4CC(C3)CC2C4)cc1. The highest BCUT2D eigenvalue weighted by Crippen LogP contribution is 2.46. The molecule has 4 bridgehead atoms. The van der Waals surface area contributed by atoms with Crippen molar-refractivity contribution < 1.29 is 4.74 Å². The molecule has 1 aromatic rings. The number of aliphatic imine (C=N–C) groups is 1. The molecule has 0 saturated heterocycles. The number of benzene rings is 1. The fraction of sp³-hybridized carbons (Fsp3) is 0.588. The van der Waals surface area contributed by atoms with Crippen molar-refractivity contribution in [2.24, 2.45) is 22.7 Å². The van der Waals surface area contributed by atoms with Crippen LogP contribution >= 0.6 is 0 Å². The van der Waals surface area contributed by atoms with Gasteiger partial charge in [0.15, 0.2) is 0 Å². The summed E-state index contributed by atoms with van der Waals surface area (Å²) in [4.78, 5) is 4.99. The van der Waals surface area contributed by atoms with E-state index in [1.807, 2.05) is 24.3 Å². The van der Waals surface area contributed by atoms with Gasteiger partial charge in [-0.05, 0) is 68.2 Å². The van der Waals surface area contributed by atoms with Crippen LogP contribution in [0.2, 0.25) is 0 Å². The van der Waals surface area contributed by atoms with Crippen molar-refractivity contribution in [2.45, 2.75) is 38.1 Å². The number of nitrogens with zero attached hydrogens (tertiary/aromatic N) is 1. The van der Waals surface area contributed by atoms with Gasteiger partial charge in [0, 0.05) is 5.92 Å². The Balaban J connectivity index is 1.44. The largest absolute Gasteiger partial charge is 0.497 e. The third-order valence-electron chi connectivity index (χ3n) is 5.25. The maximum atomic E-state index is 5.18. The van der Waals surface area contributed by atoms with Gasteiger partial charge in [0.25, 0.3) is 0 Å². The summed E-state index contributed by atoms with van der Waals surface area (Å²) in [6, 6.07) is 8.53. The van der Waals surface area contributed by atoms with Crippen LogP contribution in [0, 0.1) is 17.8 Å². The van der Waals surface area contributed by atoms with E-state index in [-0.39, 0.29) is 0 Å². The highest BCUT2D eigenvalue weighted by atomic mass is 16.5. The van der Waals surface area contributed by atoms with E-state index >= 15 is 0 Å². The molecule has 0 aromatic heterocycles. The van der Waals surface area contributed by atoms with Crippen LogP contribution in [-0.2, 0) is 0 Å². The molecule has 21 heavy (non-hydrogen) atoms. The zero-order valence-electron chi connectivity index (χ0n) is 12.5. The molecule has 2 atom stereocenters. The molecule has 2 heterocycles. The molecular weight excluding hydrogens is 262 g/mol. The summed E-state index contributed by atoms with van der Waals surface area (Å²) in [7, 11) is 1.69. The molecule has 4 nitrogen and oxygen atoms in total. The van der Waals surface area contributed by atoms with Gasteiger partial charge >= 0.3 is 0 Å². The van der Waals surface area contributed by atoms with E-state index in [0.29, 0.717) is 12.0 Å². The second-order valence-electron chi connectivity index (χ2n) is 6.75. The van der Waals surface area contributed by atoms with Gasteiger partial charge in [-0.15, -0.1) is 0 Å². The number of nitrogens with one attached hydrogen (secondary N) is 2.